The first-order chi connectivity index (χ1) is 13.7. The molecule has 0 spiro atoms. The molecule has 1 heterocycles. The second-order valence-electron chi connectivity index (χ2n) is 7.46. The number of methoxy groups -OCH3 is 1. The van der Waals surface area contributed by atoms with Gasteiger partial charge in [0.2, 0.25) is 0 Å². The van der Waals surface area contributed by atoms with Crippen molar-refractivity contribution < 1.29 is 19.1 Å². The van der Waals surface area contributed by atoms with Gasteiger partial charge in [0.05, 0.1) is 26.4 Å². The molecular formula is C21H31N3O4. The van der Waals surface area contributed by atoms with E-state index in [1.165, 1.54) is 6.42 Å². The molecule has 0 bridgehead atoms. The number of amides is 2. The topological polar surface area (TPSA) is 79.9 Å². The molecule has 1 saturated heterocycles. The normalized spacial score (nSPS) is 19.6. The van der Waals surface area contributed by atoms with Gasteiger partial charge < -0.3 is 20.1 Å². The molecule has 2 amide bonds. The quantitative estimate of drug-likeness (QED) is 0.723. The lowest BCUT2D eigenvalue weighted by Crippen LogP contribution is -2.48. The summed E-state index contributed by atoms with van der Waals surface area (Å²) < 4.78 is 10.8. The molecule has 2 fully saturated rings. The Morgan fingerprint density at radius 3 is 2.64 bits per heavy atom. The summed E-state index contributed by atoms with van der Waals surface area (Å²) in [6.45, 7) is 3.26. The minimum absolute atomic E-state index is 0.0366. The van der Waals surface area contributed by atoms with Crippen LogP contribution in [0.1, 0.15) is 43.7 Å². The zero-order valence-corrected chi connectivity index (χ0v) is 16.6. The average molecular weight is 389 g/mol. The Morgan fingerprint density at radius 2 is 1.93 bits per heavy atom. The maximum Gasteiger partial charge on any atom is 0.309 e. The number of nitrogens with zero attached hydrogens (tertiary/aromatic N) is 1. The van der Waals surface area contributed by atoms with E-state index in [9.17, 15) is 9.59 Å². The van der Waals surface area contributed by atoms with Crippen molar-refractivity contribution in [3.63, 3.8) is 0 Å². The van der Waals surface area contributed by atoms with Crippen LogP contribution in [0, 0.1) is 0 Å². The summed E-state index contributed by atoms with van der Waals surface area (Å²) in [5.74, 6) is -0.317. The maximum atomic E-state index is 12.4. The summed E-state index contributed by atoms with van der Waals surface area (Å²) in [6.07, 6.45) is 5.35. The van der Waals surface area contributed by atoms with Crippen LogP contribution in [0.4, 0.5) is 0 Å². The van der Waals surface area contributed by atoms with Crippen LogP contribution in [0.25, 0.3) is 0 Å². The van der Waals surface area contributed by atoms with E-state index in [-0.39, 0.29) is 12.1 Å². The molecule has 1 aliphatic heterocycles. The second kappa shape index (κ2) is 10.4. The first-order valence-corrected chi connectivity index (χ1v) is 10.2. The van der Waals surface area contributed by atoms with E-state index in [1.54, 1.807) is 7.11 Å². The monoisotopic (exact) mass is 389 g/mol. The van der Waals surface area contributed by atoms with Gasteiger partial charge in [0, 0.05) is 25.7 Å². The zero-order chi connectivity index (χ0) is 19.8. The van der Waals surface area contributed by atoms with Gasteiger partial charge in [0.15, 0.2) is 0 Å². The van der Waals surface area contributed by atoms with Gasteiger partial charge in [0.25, 0.3) is 0 Å². The molecule has 154 valence electrons. The number of rotatable bonds is 6. The lowest BCUT2D eigenvalue weighted by Gasteiger charge is -2.35. The van der Waals surface area contributed by atoms with Gasteiger partial charge >= 0.3 is 11.8 Å². The Bertz CT molecular complexity index is 655. The fourth-order valence-electron chi connectivity index (χ4n) is 3.96. The smallest absolute Gasteiger partial charge is 0.309 e. The third-order valence-electron chi connectivity index (χ3n) is 5.57. The molecule has 1 atom stereocenters. The van der Waals surface area contributed by atoms with E-state index >= 15 is 0 Å². The van der Waals surface area contributed by atoms with Crippen LogP contribution < -0.4 is 15.4 Å². The van der Waals surface area contributed by atoms with Crippen molar-refractivity contribution in [2.45, 2.75) is 44.2 Å². The summed E-state index contributed by atoms with van der Waals surface area (Å²) in [7, 11) is 1.64. The summed E-state index contributed by atoms with van der Waals surface area (Å²) in [5.41, 5.74) is 1.05. The molecule has 28 heavy (non-hydrogen) atoms. The number of hydrogen-bond acceptors (Lipinski definition) is 5. The van der Waals surface area contributed by atoms with Gasteiger partial charge in [-0.15, -0.1) is 0 Å². The predicted octanol–water partition coefficient (Wildman–Crippen LogP) is 1.63. The summed E-state index contributed by atoms with van der Waals surface area (Å²) in [5, 5.41) is 5.71. The van der Waals surface area contributed by atoms with Crippen LogP contribution in [0.5, 0.6) is 5.75 Å². The van der Waals surface area contributed by atoms with E-state index in [0.717, 1.165) is 50.1 Å². The van der Waals surface area contributed by atoms with Gasteiger partial charge in [-0.2, -0.15) is 0 Å². The van der Waals surface area contributed by atoms with Crippen molar-refractivity contribution in [3.05, 3.63) is 29.8 Å². The van der Waals surface area contributed by atoms with Gasteiger partial charge in [-0.1, -0.05) is 31.4 Å². The standard InChI is InChI=1S/C21H31N3O4/c1-27-18-9-5-6-16(14-18)19(24-10-12-28-13-11-24)15-22-20(25)21(26)23-17-7-3-2-4-8-17/h5-6,9,14,17,19H,2-4,7-8,10-13,15H2,1H3,(H,22,25)(H,23,26)/t19-/m1/s1. The fraction of sp³-hybridized carbons (Fsp3) is 0.619. The molecule has 7 heteroatoms. The average Bonchev–Trinajstić information content (AvgIpc) is 2.75. The van der Waals surface area contributed by atoms with Crippen LogP contribution in [-0.2, 0) is 14.3 Å². The van der Waals surface area contributed by atoms with E-state index in [0.29, 0.717) is 19.8 Å². The lowest BCUT2D eigenvalue weighted by atomic mass is 9.95. The Morgan fingerprint density at radius 1 is 1.18 bits per heavy atom. The van der Waals surface area contributed by atoms with Crippen molar-refractivity contribution in [1.29, 1.82) is 0 Å². The van der Waals surface area contributed by atoms with E-state index < -0.39 is 11.8 Å². The number of nitrogens with one attached hydrogen (secondary N) is 2. The van der Waals surface area contributed by atoms with Crippen molar-refractivity contribution in [2.75, 3.05) is 40.0 Å². The Hall–Kier alpha value is -2.12. The number of carbonyl (C=O) groups excluding carboxylic acids is 2. The highest BCUT2D eigenvalue weighted by Gasteiger charge is 2.26. The van der Waals surface area contributed by atoms with Crippen LogP contribution in [0.3, 0.4) is 0 Å². The van der Waals surface area contributed by atoms with Crippen LogP contribution >= 0.6 is 0 Å². The highest BCUT2D eigenvalue weighted by atomic mass is 16.5. The van der Waals surface area contributed by atoms with Crippen LogP contribution in [-0.4, -0.2) is 62.7 Å². The molecule has 1 saturated carbocycles. The molecular weight excluding hydrogens is 358 g/mol. The number of ether oxygens (including phenoxy) is 2. The van der Waals surface area contributed by atoms with Gasteiger partial charge in [-0.05, 0) is 30.5 Å². The number of morpholine rings is 1. The number of carbonyl (C=O) groups is 2. The third-order valence-corrected chi connectivity index (χ3v) is 5.57. The highest BCUT2D eigenvalue weighted by molar-refractivity contribution is 6.35. The lowest BCUT2D eigenvalue weighted by molar-refractivity contribution is -0.140. The van der Waals surface area contributed by atoms with Crippen molar-refractivity contribution in [1.82, 2.24) is 15.5 Å². The van der Waals surface area contributed by atoms with Gasteiger partial charge in [-0.25, -0.2) is 0 Å². The SMILES string of the molecule is COc1cccc([C@@H](CNC(=O)C(=O)NC2CCCCC2)N2CCOCC2)c1. The van der Waals surface area contributed by atoms with Crippen molar-refractivity contribution >= 4 is 11.8 Å². The largest absolute Gasteiger partial charge is 0.497 e. The summed E-state index contributed by atoms with van der Waals surface area (Å²) in [6, 6.07) is 7.94. The first-order valence-electron chi connectivity index (χ1n) is 10.2. The molecule has 2 aliphatic rings. The minimum Gasteiger partial charge on any atom is -0.497 e. The molecule has 1 aromatic carbocycles. The molecule has 1 aromatic rings. The molecule has 3 rings (SSSR count). The molecule has 7 nitrogen and oxygen atoms in total. The van der Waals surface area contributed by atoms with Gasteiger partial charge in [0.1, 0.15) is 5.75 Å². The maximum absolute atomic E-state index is 12.4. The first kappa shape index (κ1) is 20.6. The van der Waals surface area contributed by atoms with E-state index in [2.05, 4.69) is 15.5 Å². The van der Waals surface area contributed by atoms with E-state index in [1.807, 2.05) is 24.3 Å². The molecule has 0 aromatic heterocycles. The molecule has 1 aliphatic carbocycles. The Kier molecular flexibility index (Phi) is 7.68. The summed E-state index contributed by atoms with van der Waals surface area (Å²) >= 11 is 0. The predicted molar refractivity (Wildman–Crippen MR) is 106 cm³/mol. The molecule has 0 unspecified atom stereocenters. The van der Waals surface area contributed by atoms with Crippen molar-refractivity contribution in [3.8, 4) is 5.75 Å². The number of hydrogen-bond donors (Lipinski definition) is 2. The Labute approximate surface area is 166 Å². The fourth-order valence-corrected chi connectivity index (χ4v) is 3.96. The van der Waals surface area contributed by atoms with Gasteiger partial charge in [-0.3, -0.25) is 14.5 Å². The second-order valence-corrected chi connectivity index (χ2v) is 7.46. The van der Waals surface area contributed by atoms with Crippen molar-refractivity contribution in [2.24, 2.45) is 0 Å². The van der Waals surface area contributed by atoms with E-state index in [4.69, 9.17) is 9.47 Å². The molecule has 2 N–H and O–H groups in total. The van der Waals surface area contributed by atoms with Crippen LogP contribution in [0.2, 0.25) is 0 Å². The minimum atomic E-state index is -0.563. The Balaban J connectivity index is 1.61. The third kappa shape index (κ3) is 5.69. The van der Waals surface area contributed by atoms with Crippen LogP contribution in [0.15, 0.2) is 24.3 Å². The highest BCUT2D eigenvalue weighted by Crippen LogP contribution is 2.25. The summed E-state index contributed by atoms with van der Waals surface area (Å²) in [4.78, 5) is 26.9. The molecule has 0 radical (unpaired) electrons. The zero-order valence-electron chi connectivity index (χ0n) is 16.6. The number of benzene rings is 1.